The number of hydrogen-bond acceptors (Lipinski definition) is 3. The largest absolute Gasteiger partial charge is 0.454 e. The van der Waals surface area contributed by atoms with Gasteiger partial charge in [-0.05, 0) is 23.8 Å². The number of halogens is 3. The predicted octanol–water partition coefficient (Wildman–Crippen LogP) is 4.80. The maximum atomic E-state index is 9.09. The Hall–Kier alpha value is -1.44. The topological polar surface area (TPSA) is 53.2 Å². The van der Waals surface area contributed by atoms with Crippen LogP contribution in [0.2, 0.25) is 15.1 Å². The monoisotopic (exact) mass is 327 g/mol. The first kappa shape index (κ1) is 15.0. The molecule has 2 aromatic carbocycles. The zero-order valence-corrected chi connectivity index (χ0v) is 12.3. The molecule has 20 heavy (non-hydrogen) atoms. The van der Waals surface area contributed by atoms with Crippen LogP contribution in [0.25, 0.3) is 0 Å². The second kappa shape index (κ2) is 6.34. The molecule has 0 aliphatic rings. The molecule has 0 radical (unpaired) electrons. The number of ether oxygens (including phenoxy) is 1. The quantitative estimate of drug-likeness (QED) is 0.823. The van der Waals surface area contributed by atoms with Crippen molar-refractivity contribution >= 4 is 34.8 Å². The minimum atomic E-state index is -0.150. The molecular formula is C14H8Cl3NO2. The van der Waals surface area contributed by atoms with Crippen molar-refractivity contribution in [3.05, 3.63) is 56.5 Å². The van der Waals surface area contributed by atoms with Crippen molar-refractivity contribution in [1.29, 1.82) is 5.26 Å². The molecule has 0 saturated carbocycles. The molecule has 2 rings (SSSR count). The summed E-state index contributed by atoms with van der Waals surface area (Å²) in [5.41, 5.74) is 0.910. The van der Waals surface area contributed by atoms with Crippen molar-refractivity contribution < 1.29 is 9.84 Å². The number of rotatable bonds is 3. The van der Waals surface area contributed by atoms with E-state index in [0.717, 1.165) is 0 Å². The number of hydrogen-bond donors (Lipinski definition) is 1. The fourth-order valence-corrected chi connectivity index (χ4v) is 2.13. The summed E-state index contributed by atoms with van der Waals surface area (Å²) in [5, 5.41) is 19.0. The smallest absolute Gasteiger partial charge is 0.147 e. The molecule has 0 saturated heterocycles. The van der Waals surface area contributed by atoms with Crippen molar-refractivity contribution in [3.63, 3.8) is 0 Å². The van der Waals surface area contributed by atoms with Crippen molar-refractivity contribution in [3.8, 4) is 17.6 Å². The van der Waals surface area contributed by atoms with Gasteiger partial charge < -0.3 is 9.84 Å². The van der Waals surface area contributed by atoms with Crippen LogP contribution in [0.3, 0.4) is 0 Å². The van der Waals surface area contributed by atoms with Crippen LogP contribution in [0.15, 0.2) is 30.3 Å². The van der Waals surface area contributed by atoms with Crippen LogP contribution >= 0.6 is 34.8 Å². The Bertz CT molecular complexity index is 696. The lowest BCUT2D eigenvalue weighted by atomic mass is 10.1. The van der Waals surface area contributed by atoms with Crippen LogP contribution < -0.4 is 4.74 Å². The summed E-state index contributed by atoms with van der Waals surface area (Å²) in [6.45, 7) is -0.150. The van der Waals surface area contributed by atoms with E-state index in [2.05, 4.69) is 0 Å². The van der Waals surface area contributed by atoms with E-state index < -0.39 is 0 Å². The van der Waals surface area contributed by atoms with Crippen LogP contribution in [0, 0.1) is 11.3 Å². The Kier molecular flexibility index (Phi) is 4.74. The minimum absolute atomic E-state index is 0.150. The van der Waals surface area contributed by atoms with Crippen molar-refractivity contribution in [2.75, 3.05) is 0 Å². The van der Waals surface area contributed by atoms with Gasteiger partial charge >= 0.3 is 0 Å². The molecule has 0 heterocycles. The molecule has 6 heteroatoms. The third-order valence-corrected chi connectivity index (χ3v) is 3.56. The molecule has 0 bridgehead atoms. The van der Waals surface area contributed by atoms with Crippen molar-refractivity contribution in [1.82, 2.24) is 0 Å². The standard InChI is InChI=1S/C14H8Cl3NO2/c15-10-4-12(17)14(5-11(10)16)20-13-2-1-8(7-19)3-9(13)6-18/h1-5,19H,7H2. The summed E-state index contributed by atoms with van der Waals surface area (Å²) in [6.07, 6.45) is 0. The molecule has 0 amide bonds. The highest BCUT2D eigenvalue weighted by molar-refractivity contribution is 6.43. The van der Waals surface area contributed by atoms with Gasteiger partial charge in [0.25, 0.3) is 0 Å². The second-order valence-corrected chi connectivity index (χ2v) is 5.12. The van der Waals surface area contributed by atoms with Gasteiger partial charge in [-0.2, -0.15) is 5.26 Å². The zero-order valence-electron chi connectivity index (χ0n) is 10.0. The Balaban J connectivity index is 2.40. The number of nitrogens with zero attached hydrogens (tertiary/aromatic N) is 1. The van der Waals surface area contributed by atoms with E-state index in [1.54, 1.807) is 18.2 Å². The molecule has 0 unspecified atom stereocenters. The lowest BCUT2D eigenvalue weighted by Crippen LogP contribution is -1.92. The van der Waals surface area contributed by atoms with E-state index in [1.807, 2.05) is 6.07 Å². The number of nitriles is 1. The highest BCUT2D eigenvalue weighted by Gasteiger charge is 2.11. The molecule has 3 nitrogen and oxygen atoms in total. The van der Waals surface area contributed by atoms with Gasteiger partial charge in [0.15, 0.2) is 0 Å². The van der Waals surface area contributed by atoms with Crippen LogP contribution in [-0.2, 0) is 6.61 Å². The summed E-state index contributed by atoms with van der Waals surface area (Å²) in [4.78, 5) is 0. The Morgan fingerprint density at radius 2 is 1.70 bits per heavy atom. The van der Waals surface area contributed by atoms with E-state index in [1.165, 1.54) is 12.1 Å². The zero-order chi connectivity index (χ0) is 14.7. The van der Waals surface area contributed by atoms with E-state index in [9.17, 15) is 0 Å². The normalized spacial score (nSPS) is 10.2. The van der Waals surface area contributed by atoms with E-state index in [0.29, 0.717) is 32.7 Å². The Labute approximate surface area is 130 Å². The van der Waals surface area contributed by atoms with E-state index in [-0.39, 0.29) is 11.6 Å². The van der Waals surface area contributed by atoms with Crippen LogP contribution in [0.1, 0.15) is 11.1 Å². The first-order valence-electron chi connectivity index (χ1n) is 5.51. The first-order chi connectivity index (χ1) is 9.55. The average Bonchev–Trinajstić information content (AvgIpc) is 2.45. The lowest BCUT2D eigenvalue weighted by molar-refractivity contribution is 0.281. The molecule has 2 aromatic rings. The first-order valence-corrected chi connectivity index (χ1v) is 6.65. The summed E-state index contributed by atoms with van der Waals surface area (Å²) >= 11 is 17.8. The number of aliphatic hydroxyl groups is 1. The Morgan fingerprint density at radius 1 is 1.00 bits per heavy atom. The molecular weight excluding hydrogens is 321 g/mol. The third-order valence-electron chi connectivity index (χ3n) is 2.54. The molecule has 0 atom stereocenters. The highest BCUT2D eigenvalue weighted by atomic mass is 35.5. The fraction of sp³-hybridized carbons (Fsp3) is 0.0714. The minimum Gasteiger partial charge on any atom is -0.454 e. The van der Waals surface area contributed by atoms with E-state index in [4.69, 9.17) is 49.9 Å². The molecule has 0 spiro atoms. The van der Waals surface area contributed by atoms with Crippen LogP contribution in [0.5, 0.6) is 11.5 Å². The third kappa shape index (κ3) is 3.17. The SMILES string of the molecule is N#Cc1cc(CO)ccc1Oc1cc(Cl)c(Cl)cc1Cl. The molecule has 1 N–H and O–H groups in total. The number of aliphatic hydroxyl groups excluding tert-OH is 1. The molecule has 0 aromatic heterocycles. The average molecular weight is 329 g/mol. The van der Waals surface area contributed by atoms with Gasteiger partial charge in [0.2, 0.25) is 0 Å². The van der Waals surface area contributed by atoms with Gasteiger partial charge in [0.1, 0.15) is 17.6 Å². The van der Waals surface area contributed by atoms with Gasteiger partial charge in [0, 0.05) is 6.07 Å². The maximum Gasteiger partial charge on any atom is 0.147 e. The fourth-order valence-electron chi connectivity index (χ4n) is 1.55. The highest BCUT2D eigenvalue weighted by Crippen LogP contribution is 2.37. The second-order valence-electron chi connectivity index (χ2n) is 3.90. The molecule has 102 valence electrons. The van der Waals surface area contributed by atoms with Crippen LogP contribution in [-0.4, -0.2) is 5.11 Å². The van der Waals surface area contributed by atoms with Gasteiger partial charge in [-0.1, -0.05) is 40.9 Å². The molecule has 0 fully saturated rings. The summed E-state index contributed by atoms with van der Waals surface area (Å²) < 4.78 is 5.59. The maximum absolute atomic E-state index is 9.09. The number of benzene rings is 2. The molecule has 0 aliphatic heterocycles. The van der Waals surface area contributed by atoms with Crippen LogP contribution in [0.4, 0.5) is 0 Å². The van der Waals surface area contributed by atoms with Gasteiger partial charge in [-0.3, -0.25) is 0 Å². The van der Waals surface area contributed by atoms with Crippen molar-refractivity contribution in [2.24, 2.45) is 0 Å². The Morgan fingerprint density at radius 3 is 2.35 bits per heavy atom. The summed E-state index contributed by atoms with van der Waals surface area (Å²) in [5.74, 6) is 0.624. The summed E-state index contributed by atoms with van der Waals surface area (Å²) in [7, 11) is 0. The summed E-state index contributed by atoms with van der Waals surface area (Å²) in [6, 6.07) is 9.73. The van der Waals surface area contributed by atoms with Gasteiger partial charge in [-0.25, -0.2) is 0 Å². The molecule has 0 aliphatic carbocycles. The van der Waals surface area contributed by atoms with Crippen molar-refractivity contribution in [2.45, 2.75) is 6.61 Å². The predicted molar refractivity (Wildman–Crippen MR) is 78.6 cm³/mol. The van der Waals surface area contributed by atoms with E-state index >= 15 is 0 Å². The van der Waals surface area contributed by atoms with Gasteiger partial charge in [0.05, 0.1) is 27.2 Å². The van der Waals surface area contributed by atoms with Gasteiger partial charge in [-0.15, -0.1) is 0 Å². The lowest BCUT2D eigenvalue weighted by Gasteiger charge is -2.11.